The molecule has 1 aliphatic carbocycles. The lowest BCUT2D eigenvalue weighted by molar-refractivity contribution is 0.176. The van der Waals surface area contributed by atoms with Crippen molar-refractivity contribution >= 4 is 5.82 Å². The van der Waals surface area contributed by atoms with Gasteiger partial charge in [0.15, 0.2) is 0 Å². The zero-order chi connectivity index (χ0) is 11.9. The predicted molar refractivity (Wildman–Crippen MR) is 68.3 cm³/mol. The number of hydrogen-bond acceptors (Lipinski definition) is 4. The fraction of sp³-hybridized carbons (Fsp3) is 0.692. The second-order valence-electron chi connectivity index (χ2n) is 4.50. The Hall–Kier alpha value is -1.32. The molecule has 1 saturated carbocycles. The molecular formula is C13H21N3O. The molecule has 1 aromatic heterocycles. The highest BCUT2D eigenvalue weighted by Crippen LogP contribution is 2.22. The van der Waals surface area contributed by atoms with Crippen LogP contribution in [0.3, 0.4) is 0 Å². The highest BCUT2D eigenvalue weighted by atomic mass is 16.5. The van der Waals surface area contributed by atoms with Crippen molar-refractivity contribution in [2.24, 2.45) is 0 Å². The first kappa shape index (κ1) is 12.1. The SMILES string of the molecule is CCNc1cc(OC2CCCCCC2)ncn1. The van der Waals surface area contributed by atoms with Crippen LogP contribution >= 0.6 is 0 Å². The molecular weight excluding hydrogens is 214 g/mol. The lowest BCUT2D eigenvalue weighted by atomic mass is 10.1. The van der Waals surface area contributed by atoms with Gasteiger partial charge in [0.2, 0.25) is 5.88 Å². The van der Waals surface area contributed by atoms with Crippen LogP contribution in [-0.4, -0.2) is 22.6 Å². The molecule has 0 radical (unpaired) electrons. The molecule has 0 spiro atoms. The van der Waals surface area contributed by atoms with E-state index < -0.39 is 0 Å². The molecule has 94 valence electrons. The normalized spacial score (nSPS) is 17.5. The van der Waals surface area contributed by atoms with Crippen molar-refractivity contribution in [1.82, 2.24) is 9.97 Å². The molecule has 4 heteroatoms. The summed E-state index contributed by atoms with van der Waals surface area (Å²) >= 11 is 0. The maximum atomic E-state index is 5.93. The number of ether oxygens (including phenoxy) is 1. The Morgan fingerprint density at radius 2 is 2.00 bits per heavy atom. The van der Waals surface area contributed by atoms with Gasteiger partial charge in [0.1, 0.15) is 18.2 Å². The van der Waals surface area contributed by atoms with E-state index in [1.54, 1.807) is 6.33 Å². The van der Waals surface area contributed by atoms with E-state index in [1.165, 1.54) is 25.7 Å². The molecule has 2 rings (SSSR count). The summed E-state index contributed by atoms with van der Waals surface area (Å²) in [6, 6.07) is 1.88. The molecule has 0 aliphatic heterocycles. The van der Waals surface area contributed by atoms with E-state index >= 15 is 0 Å². The van der Waals surface area contributed by atoms with Crippen LogP contribution in [0.2, 0.25) is 0 Å². The summed E-state index contributed by atoms with van der Waals surface area (Å²) < 4.78 is 5.93. The van der Waals surface area contributed by atoms with Crippen LogP contribution in [-0.2, 0) is 0 Å². The number of hydrogen-bond donors (Lipinski definition) is 1. The second-order valence-corrected chi connectivity index (χ2v) is 4.50. The van der Waals surface area contributed by atoms with E-state index in [2.05, 4.69) is 15.3 Å². The first-order valence-corrected chi connectivity index (χ1v) is 6.61. The fourth-order valence-electron chi connectivity index (χ4n) is 2.21. The van der Waals surface area contributed by atoms with Crippen LogP contribution in [0.5, 0.6) is 5.88 Å². The number of anilines is 1. The quantitative estimate of drug-likeness (QED) is 0.815. The summed E-state index contributed by atoms with van der Waals surface area (Å²) in [5, 5.41) is 3.17. The van der Waals surface area contributed by atoms with Crippen LogP contribution in [0.15, 0.2) is 12.4 Å². The van der Waals surface area contributed by atoms with Crippen molar-refractivity contribution in [3.63, 3.8) is 0 Å². The minimum Gasteiger partial charge on any atom is -0.474 e. The predicted octanol–water partition coefficient (Wildman–Crippen LogP) is 3.01. The average molecular weight is 235 g/mol. The summed E-state index contributed by atoms with van der Waals surface area (Å²) in [7, 11) is 0. The zero-order valence-electron chi connectivity index (χ0n) is 10.5. The Bertz CT molecular complexity index is 335. The lowest BCUT2D eigenvalue weighted by Crippen LogP contribution is -2.16. The van der Waals surface area contributed by atoms with Gasteiger partial charge in [0, 0.05) is 12.6 Å². The van der Waals surface area contributed by atoms with Crippen molar-refractivity contribution in [2.45, 2.75) is 51.6 Å². The van der Waals surface area contributed by atoms with Crippen molar-refractivity contribution in [2.75, 3.05) is 11.9 Å². The molecule has 1 aliphatic rings. The highest BCUT2D eigenvalue weighted by molar-refractivity contribution is 5.36. The molecule has 17 heavy (non-hydrogen) atoms. The van der Waals surface area contributed by atoms with E-state index in [0.717, 1.165) is 25.2 Å². The third kappa shape index (κ3) is 3.88. The lowest BCUT2D eigenvalue weighted by Gasteiger charge is -2.16. The van der Waals surface area contributed by atoms with E-state index in [0.29, 0.717) is 12.0 Å². The van der Waals surface area contributed by atoms with Crippen molar-refractivity contribution in [1.29, 1.82) is 0 Å². The first-order chi connectivity index (χ1) is 8.38. The molecule has 0 saturated heterocycles. The standard InChI is InChI=1S/C13H21N3O/c1-2-14-12-9-13(16-10-15-12)17-11-7-5-3-4-6-8-11/h9-11H,2-8H2,1H3,(H,14,15,16). The van der Waals surface area contributed by atoms with E-state index in [-0.39, 0.29) is 0 Å². The summed E-state index contributed by atoms with van der Waals surface area (Å²) in [4.78, 5) is 8.31. The molecule has 0 aromatic carbocycles. The minimum atomic E-state index is 0.335. The molecule has 0 amide bonds. The van der Waals surface area contributed by atoms with Gasteiger partial charge in [-0.05, 0) is 32.6 Å². The topological polar surface area (TPSA) is 47.0 Å². The Morgan fingerprint density at radius 3 is 2.71 bits per heavy atom. The summed E-state index contributed by atoms with van der Waals surface area (Å²) in [6.45, 7) is 2.91. The fourth-order valence-corrected chi connectivity index (χ4v) is 2.21. The molecule has 4 nitrogen and oxygen atoms in total. The van der Waals surface area contributed by atoms with Gasteiger partial charge in [-0.2, -0.15) is 0 Å². The Kier molecular flexibility index (Phi) is 4.59. The van der Waals surface area contributed by atoms with Crippen LogP contribution in [0.25, 0.3) is 0 Å². The monoisotopic (exact) mass is 235 g/mol. The maximum absolute atomic E-state index is 5.93. The summed E-state index contributed by atoms with van der Waals surface area (Å²) in [5.74, 6) is 1.54. The minimum absolute atomic E-state index is 0.335. The third-order valence-corrected chi connectivity index (χ3v) is 3.09. The average Bonchev–Trinajstić information content (AvgIpc) is 2.59. The Morgan fingerprint density at radius 1 is 1.24 bits per heavy atom. The highest BCUT2D eigenvalue weighted by Gasteiger charge is 2.14. The maximum Gasteiger partial charge on any atom is 0.218 e. The van der Waals surface area contributed by atoms with Crippen LogP contribution in [0.4, 0.5) is 5.82 Å². The molecule has 0 unspecified atom stereocenters. The summed E-state index contributed by atoms with van der Waals surface area (Å²) in [6.07, 6.45) is 9.43. The van der Waals surface area contributed by atoms with E-state index in [9.17, 15) is 0 Å². The smallest absolute Gasteiger partial charge is 0.218 e. The van der Waals surface area contributed by atoms with Crippen LogP contribution < -0.4 is 10.1 Å². The van der Waals surface area contributed by atoms with Gasteiger partial charge in [-0.3, -0.25) is 0 Å². The van der Waals surface area contributed by atoms with Crippen molar-refractivity contribution in [3.05, 3.63) is 12.4 Å². The number of aromatic nitrogens is 2. The number of rotatable bonds is 4. The molecule has 0 bridgehead atoms. The van der Waals surface area contributed by atoms with Gasteiger partial charge in [-0.15, -0.1) is 0 Å². The molecule has 0 atom stereocenters. The van der Waals surface area contributed by atoms with Gasteiger partial charge in [-0.25, -0.2) is 9.97 Å². The van der Waals surface area contributed by atoms with E-state index in [4.69, 9.17) is 4.74 Å². The third-order valence-electron chi connectivity index (χ3n) is 3.09. The van der Waals surface area contributed by atoms with Gasteiger partial charge < -0.3 is 10.1 Å². The molecule has 1 heterocycles. The van der Waals surface area contributed by atoms with Crippen LogP contribution in [0, 0.1) is 0 Å². The van der Waals surface area contributed by atoms with E-state index in [1.807, 2.05) is 13.0 Å². The summed E-state index contributed by atoms with van der Waals surface area (Å²) in [5.41, 5.74) is 0. The first-order valence-electron chi connectivity index (χ1n) is 6.61. The largest absolute Gasteiger partial charge is 0.474 e. The van der Waals surface area contributed by atoms with Crippen LogP contribution in [0.1, 0.15) is 45.4 Å². The van der Waals surface area contributed by atoms with Crippen molar-refractivity contribution < 1.29 is 4.74 Å². The Balaban J connectivity index is 1.94. The molecule has 1 fully saturated rings. The van der Waals surface area contributed by atoms with Gasteiger partial charge in [0.25, 0.3) is 0 Å². The molecule has 1 N–H and O–H groups in total. The zero-order valence-corrected chi connectivity index (χ0v) is 10.5. The van der Waals surface area contributed by atoms with Gasteiger partial charge in [0.05, 0.1) is 0 Å². The Labute approximate surface area is 103 Å². The number of nitrogens with one attached hydrogen (secondary N) is 1. The number of nitrogens with zero attached hydrogens (tertiary/aromatic N) is 2. The van der Waals surface area contributed by atoms with Gasteiger partial charge >= 0.3 is 0 Å². The van der Waals surface area contributed by atoms with Crippen molar-refractivity contribution in [3.8, 4) is 5.88 Å². The van der Waals surface area contributed by atoms with Gasteiger partial charge in [-0.1, -0.05) is 12.8 Å². The second kappa shape index (κ2) is 6.42. The molecule has 1 aromatic rings.